The van der Waals surface area contributed by atoms with Gasteiger partial charge >= 0.3 is 5.97 Å². The number of nitrogens with one attached hydrogen (secondary N) is 1. The molecule has 1 aromatic carbocycles. The maximum atomic E-state index is 11.9. The molecule has 1 amide bonds. The first-order valence-corrected chi connectivity index (χ1v) is 7.58. The molecule has 0 saturated carbocycles. The van der Waals surface area contributed by atoms with Crippen LogP contribution < -0.4 is 5.32 Å². The summed E-state index contributed by atoms with van der Waals surface area (Å²) in [4.78, 5) is 22.4. The van der Waals surface area contributed by atoms with Crippen molar-refractivity contribution in [1.29, 1.82) is 0 Å². The summed E-state index contributed by atoms with van der Waals surface area (Å²) in [7, 11) is 0. The van der Waals surface area contributed by atoms with Crippen LogP contribution in [0.2, 0.25) is 0 Å². The molecule has 0 atom stereocenters. The number of carboxylic acid groups (broad SMARTS) is 1. The highest BCUT2D eigenvalue weighted by Gasteiger charge is 2.08. The van der Waals surface area contributed by atoms with Crippen molar-refractivity contribution in [2.24, 2.45) is 0 Å². The summed E-state index contributed by atoms with van der Waals surface area (Å²) in [5.41, 5.74) is 2.23. The van der Waals surface area contributed by atoms with E-state index in [9.17, 15) is 9.59 Å². The second-order valence-electron chi connectivity index (χ2n) is 4.18. The number of carbonyl (C=O) groups excluding carboxylic acids is 1. The van der Waals surface area contributed by atoms with Gasteiger partial charge in [0.25, 0.3) is 5.91 Å². The van der Waals surface area contributed by atoms with Gasteiger partial charge in [-0.15, -0.1) is 11.3 Å². The number of rotatable bonds is 5. The molecule has 0 aliphatic carbocycles. The number of aliphatic carboxylic acids is 1. The lowest BCUT2D eigenvalue weighted by Crippen LogP contribution is -2.10. The van der Waals surface area contributed by atoms with Crippen molar-refractivity contribution in [2.75, 3.05) is 5.32 Å². The van der Waals surface area contributed by atoms with E-state index in [0.717, 1.165) is 9.35 Å². The summed E-state index contributed by atoms with van der Waals surface area (Å²) in [5, 5.41) is 13.2. The van der Waals surface area contributed by atoms with Gasteiger partial charge in [0.2, 0.25) is 0 Å². The van der Waals surface area contributed by atoms with Crippen LogP contribution in [0.4, 0.5) is 5.69 Å². The number of carboxylic acids is 1. The lowest BCUT2D eigenvalue weighted by molar-refractivity contribution is -0.136. The molecule has 0 unspecified atom stereocenters. The Morgan fingerprint density at radius 3 is 2.50 bits per heavy atom. The van der Waals surface area contributed by atoms with E-state index in [2.05, 4.69) is 21.2 Å². The van der Waals surface area contributed by atoms with Crippen molar-refractivity contribution in [3.8, 4) is 0 Å². The molecule has 4 nitrogen and oxygen atoms in total. The maximum Gasteiger partial charge on any atom is 0.303 e. The van der Waals surface area contributed by atoms with Crippen LogP contribution in [0.25, 0.3) is 0 Å². The predicted molar refractivity (Wildman–Crippen MR) is 82.4 cm³/mol. The third kappa shape index (κ3) is 4.18. The zero-order chi connectivity index (χ0) is 14.5. The molecule has 0 saturated heterocycles. The summed E-state index contributed by atoms with van der Waals surface area (Å²) in [5.74, 6) is -0.976. The van der Waals surface area contributed by atoms with Gasteiger partial charge in [-0.1, -0.05) is 12.1 Å². The Bertz CT molecular complexity index is 622. The lowest BCUT2D eigenvalue weighted by Gasteiger charge is -2.05. The normalized spacial score (nSPS) is 10.2. The van der Waals surface area contributed by atoms with Crippen LogP contribution in [-0.4, -0.2) is 17.0 Å². The summed E-state index contributed by atoms with van der Waals surface area (Å²) < 4.78 is 0.909. The van der Waals surface area contributed by atoms with Crippen LogP contribution in [0.15, 0.2) is 39.5 Å². The van der Waals surface area contributed by atoms with Gasteiger partial charge in [-0.05, 0) is 46.1 Å². The number of halogens is 1. The summed E-state index contributed by atoms with van der Waals surface area (Å²) in [6.45, 7) is 0. The molecule has 0 aliphatic rings. The number of aryl methyl sites for hydroxylation is 1. The van der Waals surface area contributed by atoms with Gasteiger partial charge < -0.3 is 10.4 Å². The number of hydrogen-bond acceptors (Lipinski definition) is 3. The summed E-state index contributed by atoms with van der Waals surface area (Å²) in [6.07, 6.45) is 0.593. The van der Waals surface area contributed by atoms with Crippen molar-refractivity contribution in [3.63, 3.8) is 0 Å². The molecule has 0 bridgehead atoms. The molecule has 1 aromatic heterocycles. The van der Waals surface area contributed by atoms with Crippen molar-refractivity contribution in [3.05, 3.63) is 50.6 Å². The molecule has 20 heavy (non-hydrogen) atoms. The molecule has 2 rings (SSSR count). The first-order valence-electron chi connectivity index (χ1n) is 5.91. The molecule has 6 heteroatoms. The van der Waals surface area contributed by atoms with E-state index < -0.39 is 5.97 Å². The molecule has 2 N–H and O–H groups in total. The molecule has 0 fully saturated rings. The Morgan fingerprint density at radius 1 is 1.25 bits per heavy atom. The molecule has 0 spiro atoms. The van der Waals surface area contributed by atoms with Crippen LogP contribution >= 0.6 is 27.3 Å². The van der Waals surface area contributed by atoms with Crippen LogP contribution in [0.5, 0.6) is 0 Å². The third-order valence-electron chi connectivity index (χ3n) is 2.67. The van der Waals surface area contributed by atoms with Crippen LogP contribution in [-0.2, 0) is 11.2 Å². The largest absolute Gasteiger partial charge is 0.481 e. The standard InChI is InChI=1S/C14H12BrNO3S/c15-12-7-10(8-20-12)14(19)16-11-4-1-9(2-5-11)3-6-13(17)18/h1-2,4-5,7-8H,3,6H2,(H,16,19)(H,17,18). The van der Waals surface area contributed by atoms with E-state index in [0.29, 0.717) is 17.7 Å². The lowest BCUT2D eigenvalue weighted by atomic mass is 10.1. The zero-order valence-electron chi connectivity index (χ0n) is 10.4. The Morgan fingerprint density at radius 2 is 1.95 bits per heavy atom. The topological polar surface area (TPSA) is 66.4 Å². The van der Waals surface area contributed by atoms with Crippen LogP contribution in [0.1, 0.15) is 22.3 Å². The molecule has 1 heterocycles. The van der Waals surface area contributed by atoms with Crippen LogP contribution in [0, 0.1) is 0 Å². The Kier molecular flexibility index (Phi) is 4.92. The minimum absolute atomic E-state index is 0.106. The highest BCUT2D eigenvalue weighted by molar-refractivity contribution is 9.11. The average molecular weight is 354 g/mol. The summed E-state index contributed by atoms with van der Waals surface area (Å²) in [6, 6.07) is 8.96. The molecular formula is C14H12BrNO3S. The number of thiophene rings is 1. The average Bonchev–Trinajstić information content (AvgIpc) is 2.85. The van der Waals surface area contributed by atoms with Gasteiger partial charge in [0.05, 0.1) is 9.35 Å². The Labute approximate surface area is 128 Å². The van der Waals surface area contributed by atoms with E-state index in [1.165, 1.54) is 11.3 Å². The van der Waals surface area contributed by atoms with E-state index in [1.54, 1.807) is 23.6 Å². The maximum absolute atomic E-state index is 11.9. The number of benzene rings is 1. The van der Waals surface area contributed by atoms with Crippen molar-refractivity contribution < 1.29 is 14.7 Å². The molecule has 0 aliphatic heterocycles. The predicted octanol–water partition coefficient (Wildman–Crippen LogP) is 3.78. The first-order chi connectivity index (χ1) is 9.54. The first kappa shape index (κ1) is 14.7. The Hall–Kier alpha value is -1.66. The minimum atomic E-state index is -0.814. The number of carbonyl (C=O) groups is 2. The van der Waals surface area contributed by atoms with Crippen LogP contribution in [0.3, 0.4) is 0 Å². The zero-order valence-corrected chi connectivity index (χ0v) is 12.8. The van der Waals surface area contributed by atoms with Crippen molar-refractivity contribution in [2.45, 2.75) is 12.8 Å². The molecular weight excluding hydrogens is 342 g/mol. The quantitative estimate of drug-likeness (QED) is 0.859. The van der Waals surface area contributed by atoms with Gasteiger partial charge in [0, 0.05) is 17.5 Å². The highest BCUT2D eigenvalue weighted by Crippen LogP contribution is 2.21. The van der Waals surface area contributed by atoms with Gasteiger partial charge in [0.1, 0.15) is 0 Å². The fourth-order valence-electron chi connectivity index (χ4n) is 1.64. The third-order valence-corrected chi connectivity index (χ3v) is 4.17. The molecule has 104 valence electrons. The van der Waals surface area contributed by atoms with E-state index in [1.807, 2.05) is 12.1 Å². The number of anilines is 1. The van der Waals surface area contributed by atoms with Gasteiger partial charge in [-0.25, -0.2) is 0 Å². The fraction of sp³-hybridized carbons (Fsp3) is 0.143. The van der Waals surface area contributed by atoms with E-state index in [4.69, 9.17) is 5.11 Å². The van der Waals surface area contributed by atoms with Crippen molar-refractivity contribution in [1.82, 2.24) is 0 Å². The highest BCUT2D eigenvalue weighted by atomic mass is 79.9. The second-order valence-corrected chi connectivity index (χ2v) is 6.47. The second kappa shape index (κ2) is 6.67. The van der Waals surface area contributed by atoms with Gasteiger partial charge in [0.15, 0.2) is 0 Å². The monoisotopic (exact) mass is 353 g/mol. The molecule has 0 radical (unpaired) electrons. The Balaban J connectivity index is 1.96. The number of hydrogen-bond donors (Lipinski definition) is 2. The minimum Gasteiger partial charge on any atom is -0.481 e. The van der Waals surface area contributed by atoms with Gasteiger partial charge in [-0.3, -0.25) is 9.59 Å². The smallest absolute Gasteiger partial charge is 0.303 e. The van der Waals surface area contributed by atoms with Crippen molar-refractivity contribution >= 4 is 44.8 Å². The molecule has 2 aromatic rings. The summed E-state index contributed by atoms with van der Waals surface area (Å²) >= 11 is 4.77. The van der Waals surface area contributed by atoms with E-state index >= 15 is 0 Å². The van der Waals surface area contributed by atoms with Gasteiger partial charge in [-0.2, -0.15) is 0 Å². The SMILES string of the molecule is O=C(O)CCc1ccc(NC(=O)c2csc(Br)c2)cc1. The van der Waals surface area contributed by atoms with E-state index in [-0.39, 0.29) is 12.3 Å². The fourth-order valence-corrected chi connectivity index (χ4v) is 2.78. The number of amides is 1.